The van der Waals surface area contributed by atoms with E-state index in [0.717, 1.165) is 25.1 Å². The van der Waals surface area contributed by atoms with Crippen molar-refractivity contribution in [1.82, 2.24) is 0 Å². The van der Waals surface area contributed by atoms with Gasteiger partial charge in [0.1, 0.15) is 0 Å². The van der Waals surface area contributed by atoms with Crippen LogP contribution in [-0.2, 0) is 0 Å². The summed E-state index contributed by atoms with van der Waals surface area (Å²) in [7, 11) is 0.0595. The van der Waals surface area contributed by atoms with Crippen LogP contribution in [0.15, 0.2) is 36.5 Å². The second kappa shape index (κ2) is 20.0. The van der Waals surface area contributed by atoms with Crippen LogP contribution in [0.4, 0.5) is 0 Å². The third kappa shape index (κ3) is 18.1. The van der Waals surface area contributed by atoms with Gasteiger partial charge in [0.25, 0.3) is 0 Å². The van der Waals surface area contributed by atoms with Crippen molar-refractivity contribution in [3.05, 3.63) is 36.5 Å². The van der Waals surface area contributed by atoms with Crippen molar-refractivity contribution in [2.24, 2.45) is 5.73 Å². The molecule has 0 aromatic rings. The lowest BCUT2D eigenvalue weighted by Gasteiger charge is -2.04. The second-order valence-corrected chi connectivity index (χ2v) is 8.12. The number of rotatable bonds is 17. The molecule has 1 unspecified atom stereocenters. The van der Waals surface area contributed by atoms with Crippen molar-refractivity contribution in [3.63, 3.8) is 0 Å². The zero-order valence-electron chi connectivity index (χ0n) is 14.6. The first kappa shape index (κ1) is 22.9. The number of hydrogen-bond acceptors (Lipinski definition) is 3. The van der Waals surface area contributed by atoms with E-state index in [-0.39, 0.29) is 8.01 Å². The molecule has 0 fully saturated rings. The molecule has 1 atom stereocenters. The monoisotopic (exact) mass is 357 g/mol. The first-order chi connectivity index (χ1) is 11.3. The van der Waals surface area contributed by atoms with Crippen molar-refractivity contribution in [2.75, 3.05) is 12.3 Å². The topological polar surface area (TPSA) is 46.2 Å². The van der Waals surface area contributed by atoms with Crippen LogP contribution in [0.5, 0.6) is 0 Å². The SMILES string of the molecule is C=C/C=C\C(=C\CCCCN)CCCCCCCCCSPO. The normalized spacial score (nSPS) is 12.7. The van der Waals surface area contributed by atoms with Crippen LogP contribution < -0.4 is 5.73 Å². The minimum Gasteiger partial charge on any atom is -0.366 e. The molecule has 0 aromatic carbocycles. The maximum absolute atomic E-state index is 8.72. The van der Waals surface area contributed by atoms with Gasteiger partial charge in [-0.15, -0.1) is 11.4 Å². The molecule has 0 aliphatic heterocycles. The Morgan fingerprint density at radius 2 is 1.70 bits per heavy atom. The Morgan fingerprint density at radius 3 is 2.35 bits per heavy atom. The highest BCUT2D eigenvalue weighted by Crippen LogP contribution is 2.25. The number of allylic oxidation sites excluding steroid dienone is 5. The predicted octanol–water partition coefficient (Wildman–Crippen LogP) is 6.14. The van der Waals surface area contributed by atoms with E-state index >= 15 is 0 Å². The van der Waals surface area contributed by atoms with Gasteiger partial charge in [-0.25, -0.2) is 0 Å². The number of nitrogens with two attached hydrogens (primary N) is 1. The summed E-state index contributed by atoms with van der Waals surface area (Å²) in [6.45, 7) is 4.55. The van der Waals surface area contributed by atoms with Crippen LogP contribution in [0.2, 0.25) is 0 Å². The molecule has 0 amide bonds. The molecule has 0 bridgehead atoms. The zero-order chi connectivity index (χ0) is 17.0. The molecule has 23 heavy (non-hydrogen) atoms. The van der Waals surface area contributed by atoms with Gasteiger partial charge in [0.15, 0.2) is 0 Å². The first-order valence-electron chi connectivity index (χ1n) is 9.04. The Hall–Kier alpha value is -0.0800. The smallest absolute Gasteiger partial charge is 0.0704 e. The minimum absolute atomic E-state index is 0.0595. The van der Waals surface area contributed by atoms with Crippen molar-refractivity contribution in [1.29, 1.82) is 0 Å². The summed E-state index contributed by atoms with van der Waals surface area (Å²) in [5.74, 6) is 1.11. The van der Waals surface area contributed by atoms with Crippen LogP contribution in [0.1, 0.15) is 70.6 Å². The summed E-state index contributed by atoms with van der Waals surface area (Å²) in [5.41, 5.74) is 6.99. The lowest BCUT2D eigenvalue weighted by molar-refractivity contribution is 0.591. The molecule has 0 radical (unpaired) electrons. The summed E-state index contributed by atoms with van der Waals surface area (Å²) >= 11 is 1.66. The summed E-state index contributed by atoms with van der Waals surface area (Å²) in [6.07, 6.45) is 22.3. The Labute approximate surface area is 149 Å². The molecule has 0 spiro atoms. The second-order valence-electron chi connectivity index (χ2n) is 5.82. The van der Waals surface area contributed by atoms with Gasteiger partial charge in [0, 0.05) is 0 Å². The molecule has 0 saturated heterocycles. The summed E-state index contributed by atoms with van der Waals surface area (Å²) in [4.78, 5) is 8.72. The summed E-state index contributed by atoms with van der Waals surface area (Å²) in [6, 6.07) is 0. The van der Waals surface area contributed by atoms with Gasteiger partial charge in [-0.3, -0.25) is 0 Å². The van der Waals surface area contributed by atoms with Gasteiger partial charge in [-0.05, 0) is 50.8 Å². The maximum Gasteiger partial charge on any atom is 0.0704 e. The van der Waals surface area contributed by atoms with E-state index in [4.69, 9.17) is 10.6 Å². The quantitative estimate of drug-likeness (QED) is 0.187. The lowest BCUT2D eigenvalue weighted by Crippen LogP contribution is -1.97. The van der Waals surface area contributed by atoms with Gasteiger partial charge in [0.2, 0.25) is 0 Å². The third-order valence-electron chi connectivity index (χ3n) is 3.79. The van der Waals surface area contributed by atoms with Crippen molar-refractivity contribution < 1.29 is 4.89 Å². The fourth-order valence-corrected chi connectivity index (χ4v) is 3.60. The van der Waals surface area contributed by atoms with Gasteiger partial charge in [0.05, 0.1) is 8.01 Å². The lowest BCUT2D eigenvalue weighted by atomic mass is 10.0. The fourth-order valence-electron chi connectivity index (χ4n) is 2.45. The third-order valence-corrected chi connectivity index (χ3v) is 5.41. The molecule has 0 heterocycles. The standard InChI is InChI=1S/C19H36NOPS/c1-2-3-14-19(16-11-9-12-17-20)15-10-7-5-4-6-8-13-18-23-22-21/h2-3,14,16,21-22H,1,4-13,15,17-18,20H2/b14-3-,19-16-. The highest BCUT2D eigenvalue weighted by molar-refractivity contribution is 8.47. The molecular weight excluding hydrogens is 321 g/mol. The highest BCUT2D eigenvalue weighted by atomic mass is 32.7. The molecule has 2 nitrogen and oxygen atoms in total. The fraction of sp³-hybridized carbons (Fsp3) is 0.684. The van der Waals surface area contributed by atoms with Gasteiger partial charge in [-0.1, -0.05) is 68.6 Å². The predicted molar refractivity (Wildman–Crippen MR) is 110 cm³/mol. The van der Waals surface area contributed by atoms with Crippen LogP contribution >= 0.6 is 19.4 Å². The summed E-state index contributed by atoms with van der Waals surface area (Å²) < 4.78 is 0. The van der Waals surface area contributed by atoms with Crippen LogP contribution in [0, 0.1) is 0 Å². The zero-order valence-corrected chi connectivity index (χ0v) is 16.5. The van der Waals surface area contributed by atoms with E-state index in [1.165, 1.54) is 63.4 Å². The van der Waals surface area contributed by atoms with E-state index in [0.29, 0.717) is 0 Å². The van der Waals surface area contributed by atoms with Crippen molar-refractivity contribution in [2.45, 2.75) is 70.6 Å². The van der Waals surface area contributed by atoms with E-state index in [9.17, 15) is 0 Å². The van der Waals surface area contributed by atoms with E-state index < -0.39 is 0 Å². The first-order valence-corrected chi connectivity index (χ1v) is 11.7. The molecule has 0 aliphatic carbocycles. The molecule has 3 N–H and O–H groups in total. The largest absolute Gasteiger partial charge is 0.366 e. The molecule has 0 rings (SSSR count). The minimum atomic E-state index is 0.0595. The van der Waals surface area contributed by atoms with E-state index in [1.807, 2.05) is 12.2 Å². The molecular formula is C19H36NOPS. The Balaban J connectivity index is 3.65. The van der Waals surface area contributed by atoms with Gasteiger partial charge < -0.3 is 10.6 Å². The van der Waals surface area contributed by atoms with Crippen molar-refractivity contribution >= 4 is 19.4 Å². The van der Waals surface area contributed by atoms with Crippen LogP contribution in [-0.4, -0.2) is 17.2 Å². The Morgan fingerprint density at radius 1 is 1.00 bits per heavy atom. The van der Waals surface area contributed by atoms with Gasteiger partial charge >= 0.3 is 0 Å². The average molecular weight is 358 g/mol. The number of unbranched alkanes of at least 4 members (excludes halogenated alkanes) is 8. The maximum atomic E-state index is 8.72. The number of hydrogen-bond donors (Lipinski definition) is 2. The Bertz CT molecular complexity index is 318. The Kier molecular flexibility index (Phi) is 19.9. The molecule has 0 saturated carbocycles. The van der Waals surface area contributed by atoms with Crippen molar-refractivity contribution in [3.8, 4) is 0 Å². The summed E-state index contributed by atoms with van der Waals surface area (Å²) in [5, 5.41) is 0. The average Bonchev–Trinajstić information content (AvgIpc) is 2.57. The van der Waals surface area contributed by atoms with Crippen LogP contribution in [0.25, 0.3) is 0 Å². The highest BCUT2D eigenvalue weighted by Gasteiger charge is 1.96. The van der Waals surface area contributed by atoms with Crippen LogP contribution in [0.3, 0.4) is 0 Å². The van der Waals surface area contributed by atoms with E-state index in [1.54, 1.807) is 11.4 Å². The molecule has 134 valence electrons. The molecule has 0 aliphatic rings. The molecule has 4 heteroatoms. The van der Waals surface area contributed by atoms with E-state index in [2.05, 4.69) is 18.7 Å². The van der Waals surface area contributed by atoms with Gasteiger partial charge in [-0.2, -0.15) is 0 Å². The molecule has 0 aromatic heterocycles.